The van der Waals surface area contributed by atoms with Gasteiger partial charge in [0.05, 0.1) is 18.7 Å². The third-order valence-corrected chi connectivity index (χ3v) is 5.62. The van der Waals surface area contributed by atoms with E-state index in [1.54, 1.807) is 66.7 Å². The van der Waals surface area contributed by atoms with Gasteiger partial charge in [-0.1, -0.05) is 42.5 Å². The molecule has 1 atom stereocenters. The molecule has 1 amide bonds. The first-order valence-corrected chi connectivity index (χ1v) is 10.2. The number of phenols is 1. The number of nitrogens with zero attached hydrogens (tertiary/aromatic N) is 1. The van der Waals surface area contributed by atoms with Gasteiger partial charge in [-0.2, -0.15) is 0 Å². The molecule has 0 radical (unpaired) electrons. The smallest absolute Gasteiger partial charge is 0.294 e. The molecule has 33 heavy (non-hydrogen) atoms. The van der Waals surface area contributed by atoms with Crippen LogP contribution in [0.4, 0.5) is 5.69 Å². The minimum atomic E-state index is -0.963. The number of aliphatic hydroxyl groups is 1. The standard InChI is InChI=1S/C26H19NO6/c1-32-19-12-6-8-16-14-20(33-25(16)19)23(29)21-22(15-7-5-11-18(28)13-15)27(26(31)24(21)30)17-9-3-2-4-10-17/h2-14,22,28,30H,1H3. The van der Waals surface area contributed by atoms with Crippen molar-refractivity contribution in [2.75, 3.05) is 12.0 Å². The average molecular weight is 441 g/mol. The zero-order valence-corrected chi connectivity index (χ0v) is 17.6. The minimum absolute atomic E-state index is 0.0281. The summed E-state index contributed by atoms with van der Waals surface area (Å²) >= 11 is 0. The number of hydrogen-bond acceptors (Lipinski definition) is 6. The molecule has 5 rings (SSSR count). The minimum Gasteiger partial charge on any atom is -0.508 e. The molecule has 0 bridgehead atoms. The van der Waals surface area contributed by atoms with Gasteiger partial charge in [-0.3, -0.25) is 14.5 Å². The Kier molecular flexibility index (Phi) is 4.86. The van der Waals surface area contributed by atoms with Crippen LogP contribution in [0.25, 0.3) is 11.0 Å². The summed E-state index contributed by atoms with van der Waals surface area (Å²) in [5, 5.41) is 21.5. The third kappa shape index (κ3) is 3.30. The van der Waals surface area contributed by atoms with Crippen LogP contribution in [0.3, 0.4) is 0 Å². The zero-order chi connectivity index (χ0) is 23.1. The Morgan fingerprint density at radius 1 is 0.970 bits per heavy atom. The molecule has 0 aliphatic carbocycles. The molecule has 0 saturated carbocycles. The lowest BCUT2D eigenvalue weighted by atomic mass is 9.94. The number of fused-ring (bicyclic) bond motifs is 1. The summed E-state index contributed by atoms with van der Waals surface area (Å²) in [6, 6.07) is 20.8. The highest BCUT2D eigenvalue weighted by Crippen LogP contribution is 2.43. The van der Waals surface area contributed by atoms with E-state index in [1.807, 2.05) is 0 Å². The Morgan fingerprint density at radius 3 is 2.45 bits per heavy atom. The van der Waals surface area contributed by atoms with Crippen molar-refractivity contribution in [3.05, 3.63) is 102 Å². The van der Waals surface area contributed by atoms with Gasteiger partial charge >= 0.3 is 0 Å². The fourth-order valence-corrected chi connectivity index (χ4v) is 4.14. The number of carbonyl (C=O) groups excluding carboxylic acids is 2. The van der Waals surface area contributed by atoms with Gasteiger partial charge in [0.25, 0.3) is 5.91 Å². The van der Waals surface area contributed by atoms with Crippen molar-refractivity contribution in [2.45, 2.75) is 6.04 Å². The molecule has 0 spiro atoms. The average Bonchev–Trinajstić information content (AvgIpc) is 3.38. The summed E-state index contributed by atoms with van der Waals surface area (Å²) in [6.45, 7) is 0. The predicted molar refractivity (Wildman–Crippen MR) is 122 cm³/mol. The Labute approximate surface area is 188 Å². The van der Waals surface area contributed by atoms with Gasteiger partial charge in [-0.05, 0) is 42.0 Å². The number of para-hydroxylation sites is 2. The summed E-state index contributed by atoms with van der Waals surface area (Å²) in [5.74, 6) is -1.62. The van der Waals surface area contributed by atoms with Crippen molar-refractivity contribution in [3.63, 3.8) is 0 Å². The Balaban J connectivity index is 1.67. The van der Waals surface area contributed by atoms with Crippen molar-refractivity contribution in [1.82, 2.24) is 0 Å². The number of rotatable bonds is 5. The SMILES string of the molecule is COc1cccc2cc(C(=O)C3=C(O)C(=O)N(c4ccccc4)C3c3cccc(O)c3)oc12. The summed E-state index contributed by atoms with van der Waals surface area (Å²) in [6.07, 6.45) is 0. The number of ketones is 1. The van der Waals surface area contributed by atoms with Crippen molar-refractivity contribution < 1.29 is 29.0 Å². The largest absolute Gasteiger partial charge is 0.508 e. The number of phenolic OH excluding ortho intramolecular Hbond substituents is 1. The van der Waals surface area contributed by atoms with Crippen LogP contribution in [-0.4, -0.2) is 29.0 Å². The van der Waals surface area contributed by atoms with Crippen LogP contribution in [0.5, 0.6) is 11.5 Å². The maximum Gasteiger partial charge on any atom is 0.294 e. The van der Waals surface area contributed by atoms with Gasteiger partial charge in [0.15, 0.2) is 22.9 Å². The van der Waals surface area contributed by atoms with Gasteiger partial charge in [0.2, 0.25) is 5.78 Å². The maximum atomic E-state index is 13.6. The molecule has 1 aliphatic rings. The lowest BCUT2D eigenvalue weighted by molar-refractivity contribution is -0.117. The number of anilines is 1. The summed E-state index contributed by atoms with van der Waals surface area (Å²) < 4.78 is 11.1. The van der Waals surface area contributed by atoms with Gasteiger partial charge in [-0.25, -0.2) is 0 Å². The molecule has 1 aromatic heterocycles. The molecule has 164 valence electrons. The number of Topliss-reactive ketones (excluding diaryl/α,β-unsaturated/α-hetero) is 1. The van der Waals surface area contributed by atoms with Crippen LogP contribution in [0.2, 0.25) is 0 Å². The number of hydrogen-bond donors (Lipinski definition) is 2. The van der Waals surface area contributed by atoms with E-state index in [1.165, 1.54) is 24.1 Å². The Hall–Kier alpha value is -4.52. The van der Waals surface area contributed by atoms with E-state index < -0.39 is 23.5 Å². The molecule has 1 unspecified atom stereocenters. The maximum absolute atomic E-state index is 13.6. The molecule has 7 heteroatoms. The van der Waals surface area contributed by atoms with Crippen LogP contribution in [0.1, 0.15) is 22.2 Å². The number of carbonyl (C=O) groups is 2. The molecule has 1 aliphatic heterocycles. The van der Waals surface area contributed by atoms with Crippen molar-refractivity contribution in [2.24, 2.45) is 0 Å². The molecular formula is C26H19NO6. The van der Waals surface area contributed by atoms with E-state index in [0.29, 0.717) is 28.0 Å². The molecular weight excluding hydrogens is 422 g/mol. The molecule has 0 fully saturated rings. The second-order valence-corrected chi connectivity index (χ2v) is 7.59. The van der Waals surface area contributed by atoms with Crippen molar-refractivity contribution in [1.29, 1.82) is 0 Å². The van der Waals surface area contributed by atoms with E-state index >= 15 is 0 Å². The number of ether oxygens (including phenoxy) is 1. The number of methoxy groups -OCH3 is 1. The quantitative estimate of drug-likeness (QED) is 0.426. The highest BCUT2D eigenvalue weighted by atomic mass is 16.5. The number of aliphatic hydroxyl groups excluding tert-OH is 1. The van der Waals surface area contributed by atoms with Crippen LogP contribution in [0.15, 0.2) is 94.6 Å². The third-order valence-electron chi connectivity index (χ3n) is 5.62. The van der Waals surface area contributed by atoms with Gasteiger partial charge in [0.1, 0.15) is 5.75 Å². The second-order valence-electron chi connectivity index (χ2n) is 7.59. The predicted octanol–water partition coefficient (Wildman–Crippen LogP) is 4.93. The van der Waals surface area contributed by atoms with E-state index in [9.17, 15) is 19.8 Å². The fraction of sp³-hybridized carbons (Fsp3) is 0.0769. The number of amides is 1. The molecule has 0 saturated heterocycles. The monoisotopic (exact) mass is 441 g/mol. The topological polar surface area (TPSA) is 100 Å². The van der Waals surface area contributed by atoms with Crippen molar-refractivity contribution in [3.8, 4) is 11.5 Å². The highest BCUT2D eigenvalue weighted by molar-refractivity contribution is 6.20. The first kappa shape index (κ1) is 20.4. The van der Waals surface area contributed by atoms with Gasteiger partial charge < -0.3 is 19.4 Å². The number of furan rings is 1. The summed E-state index contributed by atoms with van der Waals surface area (Å²) in [4.78, 5) is 28.1. The first-order chi connectivity index (χ1) is 16.0. The lowest BCUT2D eigenvalue weighted by Gasteiger charge is -2.26. The molecule has 7 nitrogen and oxygen atoms in total. The molecule has 2 heterocycles. The second kappa shape index (κ2) is 7.87. The molecule has 3 aromatic carbocycles. The van der Waals surface area contributed by atoms with Crippen LogP contribution in [0, 0.1) is 0 Å². The number of benzene rings is 3. The van der Waals surface area contributed by atoms with E-state index in [-0.39, 0.29) is 17.1 Å². The fourth-order valence-electron chi connectivity index (χ4n) is 4.14. The van der Waals surface area contributed by atoms with Crippen molar-refractivity contribution >= 4 is 28.3 Å². The normalized spacial score (nSPS) is 16.0. The van der Waals surface area contributed by atoms with E-state index in [4.69, 9.17) is 9.15 Å². The highest BCUT2D eigenvalue weighted by Gasteiger charge is 2.45. The first-order valence-electron chi connectivity index (χ1n) is 10.2. The molecule has 4 aromatic rings. The van der Waals surface area contributed by atoms with Gasteiger partial charge in [-0.15, -0.1) is 0 Å². The summed E-state index contributed by atoms with van der Waals surface area (Å²) in [5.41, 5.74) is 1.22. The van der Waals surface area contributed by atoms with E-state index in [0.717, 1.165) is 0 Å². The Morgan fingerprint density at radius 2 is 1.73 bits per heavy atom. The number of aromatic hydroxyl groups is 1. The zero-order valence-electron chi connectivity index (χ0n) is 17.6. The van der Waals surface area contributed by atoms with E-state index in [2.05, 4.69) is 0 Å². The van der Waals surface area contributed by atoms with Gasteiger partial charge in [0, 0.05) is 11.1 Å². The van der Waals surface area contributed by atoms with Crippen LogP contribution < -0.4 is 9.64 Å². The summed E-state index contributed by atoms with van der Waals surface area (Å²) in [7, 11) is 1.50. The van der Waals surface area contributed by atoms with Crippen LogP contribution in [-0.2, 0) is 4.79 Å². The van der Waals surface area contributed by atoms with Crippen LogP contribution >= 0.6 is 0 Å². The Bertz CT molecular complexity index is 1420. The lowest BCUT2D eigenvalue weighted by Crippen LogP contribution is -2.30. The molecule has 2 N–H and O–H groups in total.